The van der Waals surface area contributed by atoms with Gasteiger partial charge in [0, 0.05) is 17.9 Å². The van der Waals surface area contributed by atoms with Crippen LogP contribution in [0.2, 0.25) is 5.02 Å². The number of phenolic OH excluding ortho intramolecular Hbond substituents is 1. The SMILES string of the molecule is O=C(O)CCCC(=O)NNC(=O)c1cc(Cl)ccc1O. The van der Waals surface area contributed by atoms with Gasteiger partial charge in [-0.15, -0.1) is 0 Å². The highest BCUT2D eigenvalue weighted by Crippen LogP contribution is 2.20. The number of nitrogens with one attached hydrogen (secondary N) is 2. The molecular weight excluding hydrogens is 288 g/mol. The van der Waals surface area contributed by atoms with Crippen LogP contribution in [-0.4, -0.2) is 28.0 Å². The van der Waals surface area contributed by atoms with E-state index in [0.717, 1.165) is 0 Å². The Morgan fingerprint density at radius 3 is 2.50 bits per heavy atom. The predicted molar refractivity (Wildman–Crippen MR) is 70.2 cm³/mol. The van der Waals surface area contributed by atoms with Gasteiger partial charge in [0.1, 0.15) is 5.75 Å². The molecule has 0 spiro atoms. The molecule has 0 saturated carbocycles. The number of phenols is 1. The second kappa shape index (κ2) is 7.34. The van der Waals surface area contributed by atoms with E-state index in [0.29, 0.717) is 0 Å². The van der Waals surface area contributed by atoms with E-state index >= 15 is 0 Å². The minimum atomic E-state index is -0.995. The van der Waals surface area contributed by atoms with Gasteiger partial charge in [0.05, 0.1) is 5.56 Å². The van der Waals surface area contributed by atoms with Gasteiger partial charge < -0.3 is 10.2 Å². The van der Waals surface area contributed by atoms with Crippen LogP contribution < -0.4 is 10.9 Å². The summed E-state index contributed by atoms with van der Waals surface area (Å²) >= 11 is 5.69. The molecule has 20 heavy (non-hydrogen) atoms. The topological polar surface area (TPSA) is 116 Å². The molecule has 0 saturated heterocycles. The van der Waals surface area contributed by atoms with Crippen molar-refractivity contribution in [2.24, 2.45) is 0 Å². The third-order valence-electron chi connectivity index (χ3n) is 2.31. The monoisotopic (exact) mass is 300 g/mol. The van der Waals surface area contributed by atoms with Crippen molar-refractivity contribution in [3.05, 3.63) is 28.8 Å². The van der Waals surface area contributed by atoms with Crippen LogP contribution in [0, 0.1) is 0 Å². The first-order valence-electron chi connectivity index (χ1n) is 5.69. The molecule has 0 heterocycles. The molecule has 4 N–H and O–H groups in total. The fourth-order valence-electron chi connectivity index (χ4n) is 1.35. The summed E-state index contributed by atoms with van der Waals surface area (Å²) in [5, 5.41) is 18.1. The number of carbonyl (C=O) groups is 3. The van der Waals surface area contributed by atoms with Crippen molar-refractivity contribution >= 4 is 29.4 Å². The van der Waals surface area contributed by atoms with E-state index in [-0.39, 0.29) is 35.6 Å². The fourth-order valence-corrected chi connectivity index (χ4v) is 1.52. The van der Waals surface area contributed by atoms with Crippen LogP contribution in [0.3, 0.4) is 0 Å². The second-order valence-corrected chi connectivity index (χ2v) is 4.35. The number of hydrogen-bond donors (Lipinski definition) is 4. The molecule has 0 aliphatic carbocycles. The van der Waals surface area contributed by atoms with E-state index in [1.165, 1.54) is 18.2 Å². The van der Waals surface area contributed by atoms with Crippen LogP contribution in [0.1, 0.15) is 29.6 Å². The van der Waals surface area contributed by atoms with E-state index < -0.39 is 17.8 Å². The van der Waals surface area contributed by atoms with Crippen LogP contribution in [0.15, 0.2) is 18.2 Å². The number of aromatic hydroxyl groups is 1. The number of carboxylic acid groups (broad SMARTS) is 1. The maximum atomic E-state index is 11.7. The van der Waals surface area contributed by atoms with Crippen LogP contribution in [0.4, 0.5) is 0 Å². The molecular formula is C12H13ClN2O5. The molecule has 1 aromatic rings. The lowest BCUT2D eigenvalue weighted by Gasteiger charge is -2.08. The first kappa shape index (κ1) is 15.8. The molecule has 0 fully saturated rings. The van der Waals surface area contributed by atoms with Crippen molar-refractivity contribution in [1.82, 2.24) is 10.9 Å². The van der Waals surface area contributed by atoms with E-state index in [9.17, 15) is 19.5 Å². The minimum Gasteiger partial charge on any atom is -0.507 e. The number of hydrazine groups is 1. The van der Waals surface area contributed by atoms with E-state index in [1.807, 2.05) is 0 Å². The Kier molecular flexibility index (Phi) is 5.79. The van der Waals surface area contributed by atoms with Crippen molar-refractivity contribution < 1.29 is 24.6 Å². The quantitative estimate of drug-likeness (QED) is 0.607. The number of aliphatic carboxylic acids is 1. The molecule has 0 aliphatic heterocycles. The summed E-state index contributed by atoms with van der Waals surface area (Å²) < 4.78 is 0. The third kappa shape index (κ3) is 5.15. The number of rotatable bonds is 5. The van der Waals surface area contributed by atoms with Gasteiger partial charge in [0.2, 0.25) is 5.91 Å². The van der Waals surface area contributed by atoms with Crippen LogP contribution in [0.5, 0.6) is 5.75 Å². The molecule has 0 unspecified atom stereocenters. The average molecular weight is 301 g/mol. The Bertz CT molecular complexity index is 533. The standard InChI is InChI=1S/C12H13ClN2O5/c13-7-4-5-9(16)8(6-7)12(20)15-14-10(17)2-1-3-11(18)19/h4-6,16H,1-3H2,(H,14,17)(H,15,20)(H,18,19). The Balaban J connectivity index is 2.45. The van der Waals surface area contributed by atoms with Gasteiger partial charge in [-0.1, -0.05) is 11.6 Å². The summed E-state index contributed by atoms with van der Waals surface area (Å²) in [6, 6.07) is 3.92. The normalized spacial score (nSPS) is 9.85. The van der Waals surface area contributed by atoms with Crippen LogP contribution in [0.25, 0.3) is 0 Å². The van der Waals surface area contributed by atoms with Gasteiger partial charge in [-0.3, -0.25) is 25.2 Å². The highest BCUT2D eigenvalue weighted by atomic mass is 35.5. The van der Waals surface area contributed by atoms with Gasteiger partial charge in [-0.25, -0.2) is 0 Å². The van der Waals surface area contributed by atoms with Crippen LogP contribution in [-0.2, 0) is 9.59 Å². The summed E-state index contributed by atoms with van der Waals surface area (Å²) in [7, 11) is 0. The molecule has 0 aromatic heterocycles. The first-order valence-corrected chi connectivity index (χ1v) is 6.07. The Morgan fingerprint density at radius 1 is 1.15 bits per heavy atom. The molecule has 2 amide bonds. The Labute approximate surface area is 119 Å². The number of benzene rings is 1. The van der Waals surface area contributed by atoms with E-state index in [1.54, 1.807) is 0 Å². The molecule has 0 radical (unpaired) electrons. The van der Waals surface area contributed by atoms with Crippen molar-refractivity contribution in [3.63, 3.8) is 0 Å². The maximum absolute atomic E-state index is 11.7. The lowest BCUT2D eigenvalue weighted by molar-refractivity contribution is -0.137. The zero-order valence-electron chi connectivity index (χ0n) is 10.4. The first-order chi connectivity index (χ1) is 9.40. The molecule has 0 atom stereocenters. The van der Waals surface area contributed by atoms with Crippen molar-refractivity contribution in [3.8, 4) is 5.75 Å². The van der Waals surface area contributed by atoms with E-state index in [4.69, 9.17) is 16.7 Å². The van der Waals surface area contributed by atoms with Crippen LogP contribution >= 0.6 is 11.6 Å². The molecule has 1 rings (SSSR count). The van der Waals surface area contributed by atoms with E-state index in [2.05, 4.69) is 10.9 Å². The molecule has 7 nitrogen and oxygen atoms in total. The fraction of sp³-hybridized carbons (Fsp3) is 0.250. The molecule has 8 heteroatoms. The molecule has 1 aromatic carbocycles. The highest BCUT2D eigenvalue weighted by molar-refractivity contribution is 6.31. The van der Waals surface area contributed by atoms with Gasteiger partial charge in [-0.05, 0) is 24.6 Å². The average Bonchev–Trinajstić information content (AvgIpc) is 2.38. The van der Waals surface area contributed by atoms with Crippen molar-refractivity contribution in [2.75, 3.05) is 0 Å². The number of halogens is 1. The van der Waals surface area contributed by atoms with Gasteiger partial charge in [0.25, 0.3) is 5.91 Å². The molecule has 108 valence electrons. The number of carbonyl (C=O) groups excluding carboxylic acids is 2. The highest BCUT2D eigenvalue weighted by Gasteiger charge is 2.12. The lowest BCUT2D eigenvalue weighted by Crippen LogP contribution is -2.41. The zero-order valence-corrected chi connectivity index (χ0v) is 11.1. The summed E-state index contributed by atoms with van der Waals surface area (Å²) in [5.41, 5.74) is 4.14. The number of amides is 2. The lowest BCUT2D eigenvalue weighted by atomic mass is 10.2. The maximum Gasteiger partial charge on any atom is 0.303 e. The smallest absolute Gasteiger partial charge is 0.303 e. The Morgan fingerprint density at radius 2 is 1.85 bits per heavy atom. The number of carboxylic acids is 1. The second-order valence-electron chi connectivity index (χ2n) is 3.91. The summed E-state index contributed by atoms with van der Waals surface area (Å²) in [6.07, 6.45) is 0.00398. The predicted octanol–water partition coefficient (Wildman–Crippen LogP) is 1.06. The van der Waals surface area contributed by atoms with Gasteiger partial charge >= 0.3 is 5.97 Å². The largest absolute Gasteiger partial charge is 0.507 e. The number of hydrogen-bond acceptors (Lipinski definition) is 4. The third-order valence-corrected chi connectivity index (χ3v) is 2.55. The molecule has 0 bridgehead atoms. The zero-order chi connectivity index (χ0) is 15.1. The summed E-state index contributed by atoms with van der Waals surface area (Å²) in [4.78, 5) is 33.2. The van der Waals surface area contributed by atoms with Crippen molar-refractivity contribution in [2.45, 2.75) is 19.3 Å². The van der Waals surface area contributed by atoms with Crippen molar-refractivity contribution in [1.29, 1.82) is 0 Å². The Hall–Kier alpha value is -2.28. The summed E-state index contributed by atoms with van der Waals surface area (Å²) in [6.45, 7) is 0. The van der Waals surface area contributed by atoms with Gasteiger partial charge in [-0.2, -0.15) is 0 Å². The minimum absolute atomic E-state index is 0.0336. The summed E-state index contributed by atoms with van der Waals surface area (Å²) in [5.74, 6) is -2.52. The molecule has 0 aliphatic rings. The van der Waals surface area contributed by atoms with Gasteiger partial charge in [0.15, 0.2) is 0 Å².